The van der Waals surface area contributed by atoms with Gasteiger partial charge in [0, 0.05) is 24.5 Å². The van der Waals surface area contributed by atoms with Gasteiger partial charge in [0.05, 0.1) is 16.8 Å². The van der Waals surface area contributed by atoms with Crippen LogP contribution in [0, 0.1) is 6.92 Å². The highest BCUT2D eigenvalue weighted by atomic mass is 32.1. The number of rotatable bonds is 7. The summed E-state index contributed by atoms with van der Waals surface area (Å²) in [5.41, 5.74) is 8.30. The number of aromatic nitrogens is 1. The van der Waals surface area contributed by atoms with Crippen molar-refractivity contribution in [3.63, 3.8) is 0 Å². The number of hydrogen-bond donors (Lipinski definition) is 2. The maximum Gasteiger partial charge on any atom is 0.0897 e. The van der Waals surface area contributed by atoms with Gasteiger partial charge in [0.1, 0.15) is 0 Å². The van der Waals surface area contributed by atoms with Crippen LogP contribution in [-0.4, -0.2) is 40.7 Å². The van der Waals surface area contributed by atoms with E-state index >= 15 is 0 Å². The fraction of sp³-hybridized carbons (Fsp3) is 0.438. The summed E-state index contributed by atoms with van der Waals surface area (Å²) < 4.78 is 0. The van der Waals surface area contributed by atoms with Gasteiger partial charge in [-0.3, -0.25) is 4.90 Å². The summed E-state index contributed by atoms with van der Waals surface area (Å²) >= 11 is 1.65. The number of aryl methyl sites for hydroxylation is 1. The summed E-state index contributed by atoms with van der Waals surface area (Å²) in [5, 5.41) is 13.4. The van der Waals surface area contributed by atoms with Crippen LogP contribution in [0.3, 0.4) is 0 Å². The molecule has 0 aliphatic rings. The van der Waals surface area contributed by atoms with E-state index in [-0.39, 0.29) is 6.04 Å². The van der Waals surface area contributed by atoms with Gasteiger partial charge in [-0.2, -0.15) is 0 Å². The van der Waals surface area contributed by atoms with Crippen LogP contribution < -0.4 is 5.73 Å². The van der Waals surface area contributed by atoms with E-state index in [1.807, 2.05) is 44.3 Å². The van der Waals surface area contributed by atoms with E-state index < -0.39 is 6.10 Å². The molecule has 0 aliphatic carbocycles. The maximum absolute atomic E-state index is 10.2. The molecule has 0 bridgehead atoms. The Bertz CT molecular complexity index is 543. The van der Waals surface area contributed by atoms with Gasteiger partial charge in [0.25, 0.3) is 0 Å². The molecule has 0 aliphatic heterocycles. The van der Waals surface area contributed by atoms with Crippen molar-refractivity contribution in [2.75, 3.05) is 13.6 Å². The first-order valence-corrected chi connectivity index (χ1v) is 7.99. The summed E-state index contributed by atoms with van der Waals surface area (Å²) in [6, 6.07) is 9.78. The maximum atomic E-state index is 10.2. The highest BCUT2D eigenvalue weighted by molar-refractivity contribution is 7.09. The van der Waals surface area contributed by atoms with Gasteiger partial charge in [-0.15, -0.1) is 11.3 Å². The second-order valence-electron chi connectivity index (χ2n) is 5.48. The minimum absolute atomic E-state index is 0.257. The minimum atomic E-state index is -0.546. The van der Waals surface area contributed by atoms with E-state index in [2.05, 4.69) is 15.3 Å². The lowest BCUT2D eigenvalue weighted by Crippen LogP contribution is -2.43. The molecule has 0 radical (unpaired) electrons. The molecular formula is C16H23N3OS. The molecule has 5 heteroatoms. The Kier molecular flexibility index (Phi) is 5.87. The molecule has 2 atom stereocenters. The van der Waals surface area contributed by atoms with Crippen molar-refractivity contribution in [3.8, 4) is 0 Å². The second-order valence-corrected chi connectivity index (χ2v) is 6.54. The van der Waals surface area contributed by atoms with E-state index in [0.717, 1.165) is 22.8 Å². The van der Waals surface area contributed by atoms with E-state index in [9.17, 15) is 5.11 Å². The van der Waals surface area contributed by atoms with Gasteiger partial charge >= 0.3 is 0 Å². The molecule has 21 heavy (non-hydrogen) atoms. The van der Waals surface area contributed by atoms with Gasteiger partial charge in [-0.1, -0.05) is 30.3 Å². The van der Waals surface area contributed by atoms with Crippen molar-refractivity contribution in [1.82, 2.24) is 9.88 Å². The minimum Gasteiger partial charge on any atom is -0.390 e. The standard InChI is InChI=1S/C16H23N3OS/c1-12-18-14(11-21-12)9-19(2)10-16(20)15(17)8-13-6-4-3-5-7-13/h3-7,11,15-16,20H,8-10,17H2,1-2H3. The molecule has 4 nitrogen and oxygen atoms in total. The Morgan fingerprint density at radius 1 is 1.33 bits per heavy atom. The van der Waals surface area contributed by atoms with Gasteiger partial charge in [-0.25, -0.2) is 4.98 Å². The van der Waals surface area contributed by atoms with Crippen LogP contribution in [0.2, 0.25) is 0 Å². The Morgan fingerprint density at radius 3 is 2.67 bits per heavy atom. The lowest BCUT2D eigenvalue weighted by molar-refractivity contribution is 0.0988. The predicted octanol–water partition coefficient (Wildman–Crippen LogP) is 1.81. The van der Waals surface area contributed by atoms with Gasteiger partial charge in [0.2, 0.25) is 0 Å². The van der Waals surface area contributed by atoms with Crippen molar-refractivity contribution in [3.05, 3.63) is 52.0 Å². The lowest BCUT2D eigenvalue weighted by Gasteiger charge is -2.24. The van der Waals surface area contributed by atoms with Crippen LogP contribution in [0.25, 0.3) is 0 Å². The fourth-order valence-electron chi connectivity index (χ4n) is 2.30. The molecule has 3 N–H and O–H groups in total. The normalized spacial score (nSPS) is 14.3. The van der Waals surface area contributed by atoms with E-state index in [1.54, 1.807) is 11.3 Å². The highest BCUT2D eigenvalue weighted by Crippen LogP contribution is 2.11. The van der Waals surface area contributed by atoms with Crippen LogP contribution in [0.1, 0.15) is 16.3 Å². The molecule has 0 saturated carbocycles. The smallest absolute Gasteiger partial charge is 0.0897 e. The van der Waals surface area contributed by atoms with Crippen LogP contribution in [0.4, 0.5) is 0 Å². The van der Waals surface area contributed by atoms with Crippen molar-refractivity contribution in [2.45, 2.75) is 32.0 Å². The summed E-state index contributed by atoms with van der Waals surface area (Å²) in [4.78, 5) is 6.49. The number of thiazole rings is 1. The van der Waals surface area contributed by atoms with Crippen molar-refractivity contribution in [2.24, 2.45) is 5.73 Å². The van der Waals surface area contributed by atoms with E-state index in [1.165, 1.54) is 0 Å². The van der Waals surface area contributed by atoms with Crippen LogP contribution in [-0.2, 0) is 13.0 Å². The Balaban J connectivity index is 1.81. The third-order valence-electron chi connectivity index (χ3n) is 3.41. The number of hydrogen-bond acceptors (Lipinski definition) is 5. The third-order valence-corrected chi connectivity index (χ3v) is 4.23. The number of nitrogens with two attached hydrogens (primary N) is 1. The molecule has 0 spiro atoms. The Labute approximate surface area is 130 Å². The quantitative estimate of drug-likeness (QED) is 0.819. The monoisotopic (exact) mass is 305 g/mol. The largest absolute Gasteiger partial charge is 0.390 e. The number of likely N-dealkylation sites (N-methyl/N-ethyl adjacent to an activating group) is 1. The molecule has 1 aromatic carbocycles. The SMILES string of the molecule is Cc1nc(CN(C)CC(O)C(N)Cc2ccccc2)cs1. The average Bonchev–Trinajstić information content (AvgIpc) is 2.84. The molecule has 1 aromatic heterocycles. The van der Waals surface area contributed by atoms with Gasteiger partial charge in [-0.05, 0) is 26.0 Å². The molecule has 0 amide bonds. The van der Waals surface area contributed by atoms with Crippen molar-refractivity contribution in [1.29, 1.82) is 0 Å². The zero-order valence-corrected chi connectivity index (χ0v) is 13.4. The first kappa shape index (κ1) is 16.1. The highest BCUT2D eigenvalue weighted by Gasteiger charge is 2.17. The van der Waals surface area contributed by atoms with Crippen LogP contribution in [0.15, 0.2) is 35.7 Å². The molecule has 0 fully saturated rings. The summed E-state index contributed by atoms with van der Waals surface area (Å²) in [5.74, 6) is 0. The van der Waals surface area contributed by atoms with E-state index in [4.69, 9.17) is 5.73 Å². The topological polar surface area (TPSA) is 62.4 Å². The summed E-state index contributed by atoms with van der Waals surface area (Å²) in [7, 11) is 1.98. The summed E-state index contributed by atoms with van der Waals surface area (Å²) in [6.45, 7) is 3.28. The average molecular weight is 305 g/mol. The number of benzene rings is 1. The van der Waals surface area contributed by atoms with Crippen molar-refractivity contribution >= 4 is 11.3 Å². The van der Waals surface area contributed by atoms with Gasteiger partial charge < -0.3 is 10.8 Å². The summed E-state index contributed by atoms with van der Waals surface area (Å²) in [6.07, 6.45) is 0.140. The van der Waals surface area contributed by atoms with Gasteiger partial charge in [0.15, 0.2) is 0 Å². The molecular weight excluding hydrogens is 282 g/mol. The number of aliphatic hydroxyl groups excluding tert-OH is 1. The van der Waals surface area contributed by atoms with E-state index in [0.29, 0.717) is 13.0 Å². The number of aliphatic hydroxyl groups is 1. The lowest BCUT2D eigenvalue weighted by atomic mass is 10.0. The van der Waals surface area contributed by atoms with Crippen LogP contribution >= 0.6 is 11.3 Å². The molecule has 2 unspecified atom stereocenters. The molecule has 0 saturated heterocycles. The van der Waals surface area contributed by atoms with Crippen molar-refractivity contribution < 1.29 is 5.11 Å². The van der Waals surface area contributed by atoms with Crippen LogP contribution in [0.5, 0.6) is 0 Å². The Morgan fingerprint density at radius 2 is 2.05 bits per heavy atom. The molecule has 1 heterocycles. The third kappa shape index (κ3) is 5.21. The zero-order chi connectivity index (χ0) is 15.2. The zero-order valence-electron chi connectivity index (χ0n) is 12.6. The first-order chi connectivity index (χ1) is 10.0. The predicted molar refractivity (Wildman–Crippen MR) is 87.3 cm³/mol. The molecule has 114 valence electrons. The molecule has 2 aromatic rings. The fourth-order valence-corrected chi connectivity index (χ4v) is 2.90. The Hall–Kier alpha value is -1.27. The second kappa shape index (κ2) is 7.66. The number of nitrogens with zero attached hydrogens (tertiary/aromatic N) is 2. The first-order valence-electron chi connectivity index (χ1n) is 7.11. The molecule has 2 rings (SSSR count).